The Hall–Kier alpha value is -1.36. The van der Waals surface area contributed by atoms with Crippen LogP contribution in [0.25, 0.3) is 0 Å². The minimum absolute atomic E-state index is 0.0290. The van der Waals surface area contributed by atoms with E-state index in [0.717, 1.165) is 37.7 Å². The highest BCUT2D eigenvalue weighted by molar-refractivity contribution is 7.17. The number of carbonyl (C=O) groups excluding carboxylic acids is 2. The average molecular weight is 323 g/mol. The van der Waals surface area contributed by atoms with E-state index in [-0.39, 0.29) is 11.9 Å². The summed E-state index contributed by atoms with van der Waals surface area (Å²) in [5, 5.41) is 3.60. The second-order valence-electron chi connectivity index (χ2n) is 5.74. The molecule has 0 saturated heterocycles. The van der Waals surface area contributed by atoms with Gasteiger partial charge in [0.2, 0.25) is 5.91 Å². The first-order valence-electron chi connectivity index (χ1n) is 8.22. The Morgan fingerprint density at radius 2 is 2.09 bits per heavy atom. The van der Waals surface area contributed by atoms with Crippen molar-refractivity contribution in [3.05, 3.63) is 16.0 Å². The second-order valence-corrected chi connectivity index (χ2v) is 6.85. The molecule has 1 amide bonds. The molecule has 1 N–H and O–H groups in total. The lowest BCUT2D eigenvalue weighted by molar-refractivity contribution is -0.116. The van der Waals surface area contributed by atoms with Gasteiger partial charge in [0.05, 0.1) is 12.2 Å². The van der Waals surface area contributed by atoms with E-state index in [1.54, 1.807) is 18.3 Å². The molecule has 4 nitrogen and oxygen atoms in total. The maximum atomic E-state index is 12.3. The monoisotopic (exact) mass is 323 g/mol. The van der Waals surface area contributed by atoms with Crippen molar-refractivity contribution >= 4 is 28.2 Å². The molecule has 0 saturated carbocycles. The summed E-state index contributed by atoms with van der Waals surface area (Å²) in [7, 11) is 0. The average Bonchev–Trinajstić information content (AvgIpc) is 2.84. The highest BCUT2D eigenvalue weighted by Gasteiger charge is 2.29. The van der Waals surface area contributed by atoms with Crippen molar-refractivity contribution in [3.63, 3.8) is 0 Å². The van der Waals surface area contributed by atoms with Crippen LogP contribution in [0.3, 0.4) is 0 Å². The largest absolute Gasteiger partial charge is 0.462 e. The number of nitrogens with one attached hydrogen (secondary N) is 1. The van der Waals surface area contributed by atoms with Gasteiger partial charge in [-0.15, -0.1) is 11.3 Å². The summed E-state index contributed by atoms with van der Waals surface area (Å²) in [4.78, 5) is 25.5. The molecule has 1 aliphatic carbocycles. The van der Waals surface area contributed by atoms with Crippen LogP contribution < -0.4 is 5.32 Å². The lowest BCUT2D eigenvalue weighted by Crippen LogP contribution is -2.17. The highest BCUT2D eigenvalue weighted by Crippen LogP contribution is 2.40. The third-order valence-corrected chi connectivity index (χ3v) is 5.32. The predicted molar refractivity (Wildman–Crippen MR) is 89.6 cm³/mol. The van der Waals surface area contributed by atoms with Gasteiger partial charge in [-0.25, -0.2) is 4.79 Å². The number of thiophene rings is 1. The van der Waals surface area contributed by atoms with E-state index in [4.69, 9.17) is 4.74 Å². The Labute approximate surface area is 136 Å². The summed E-state index contributed by atoms with van der Waals surface area (Å²) in [6.07, 6.45) is 5.44. The maximum absolute atomic E-state index is 12.3. The lowest BCUT2D eigenvalue weighted by atomic mass is 9.85. The van der Waals surface area contributed by atoms with Crippen LogP contribution in [0.1, 0.15) is 67.3 Å². The summed E-state index contributed by atoms with van der Waals surface area (Å²) in [6, 6.07) is 0. The summed E-state index contributed by atoms with van der Waals surface area (Å²) in [6.45, 7) is 6.33. The molecule has 1 aliphatic rings. The Kier molecular flexibility index (Phi) is 6.00. The molecule has 1 heterocycles. The van der Waals surface area contributed by atoms with Gasteiger partial charge in [-0.05, 0) is 44.1 Å². The van der Waals surface area contributed by atoms with Crippen LogP contribution >= 0.6 is 11.3 Å². The zero-order valence-corrected chi connectivity index (χ0v) is 14.5. The van der Waals surface area contributed by atoms with E-state index in [0.29, 0.717) is 29.5 Å². The van der Waals surface area contributed by atoms with Gasteiger partial charge in [-0.1, -0.05) is 20.3 Å². The van der Waals surface area contributed by atoms with Crippen LogP contribution in [-0.4, -0.2) is 18.5 Å². The van der Waals surface area contributed by atoms with E-state index in [1.807, 2.05) is 6.92 Å². The molecule has 122 valence electrons. The van der Waals surface area contributed by atoms with Gasteiger partial charge in [0.15, 0.2) is 0 Å². The second kappa shape index (κ2) is 7.77. The fraction of sp³-hybridized carbons (Fsp3) is 0.647. The minimum Gasteiger partial charge on any atom is -0.462 e. The zero-order chi connectivity index (χ0) is 16.1. The first kappa shape index (κ1) is 17.0. The van der Waals surface area contributed by atoms with E-state index in [1.165, 1.54) is 4.88 Å². The van der Waals surface area contributed by atoms with E-state index < -0.39 is 0 Å². The van der Waals surface area contributed by atoms with Crippen molar-refractivity contribution in [2.45, 2.75) is 59.3 Å². The predicted octanol–water partition coefficient (Wildman–Crippen LogP) is 4.18. The number of ether oxygens (including phenoxy) is 1. The number of amides is 1. The van der Waals surface area contributed by atoms with Crippen molar-refractivity contribution in [1.82, 2.24) is 0 Å². The first-order valence-corrected chi connectivity index (χ1v) is 9.03. The van der Waals surface area contributed by atoms with Crippen molar-refractivity contribution in [1.29, 1.82) is 0 Å². The van der Waals surface area contributed by atoms with E-state index >= 15 is 0 Å². The number of fused-ring (bicyclic) bond motifs is 1. The molecule has 2 rings (SSSR count). The number of anilines is 1. The van der Waals surface area contributed by atoms with E-state index in [2.05, 4.69) is 12.2 Å². The quantitative estimate of drug-likeness (QED) is 0.799. The number of esters is 1. The van der Waals surface area contributed by atoms with Crippen molar-refractivity contribution < 1.29 is 14.3 Å². The maximum Gasteiger partial charge on any atom is 0.341 e. The molecule has 1 aromatic rings. The first-order chi connectivity index (χ1) is 10.6. The van der Waals surface area contributed by atoms with E-state index in [9.17, 15) is 9.59 Å². The molecule has 0 bridgehead atoms. The Morgan fingerprint density at radius 1 is 1.32 bits per heavy atom. The molecule has 22 heavy (non-hydrogen) atoms. The summed E-state index contributed by atoms with van der Waals surface area (Å²) < 4.78 is 5.20. The van der Waals surface area contributed by atoms with Crippen molar-refractivity contribution in [2.24, 2.45) is 5.92 Å². The number of carbonyl (C=O) groups is 2. The SMILES string of the molecule is CCCC(=O)Nc1sc2c(c1C(=O)OCC)CCC(CC)C2. The summed E-state index contributed by atoms with van der Waals surface area (Å²) in [5.41, 5.74) is 1.70. The van der Waals surface area contributed by atoms with Crippen LogP contribution in [0.2, 0.25) is 0 Å². The van der Waals surface area contributed by atoms with Gasteiger partial charge >= 0.3 is 5.97 Å². The van der Waals surface area contributed by atoms with Crippen LogP contribution in [0.4, 0.5) is 5.00 Å². The summed E-state index contributed by atoms with van der Waals surface area (Å²) in [5.74, 6) is 0.348. The fourth-order valence-electron chi connectivity index (χ4n) is 2.93. The van der Waals surface area contributed by atoms with Gasteiger partial charge in [0, 0.05) is 11.3 Å². The molecule has 5 heteroatoms. The van der Waals surface area contributed by atoms with Crippen molar-refractivity contribution in [3.8, 4) is 0 Å². The molecular weight excluding hydrogens is 298 g/mol. The Bertz CT molecular complexity index is 550. The molecule has 0 fully saturated rings. The van der Waals surface area contributed by atoms with Crippen molar-refractivity contribution in [2.75, 3.05) is 11.9 Å². The topological polar surface area (TPSA) is 55.4 Å². The van der Waals surface area contributed by atoms with Gasteiger partial charge < -0.3 is 10.1 Å². The highest BCUT2D eigenvalue weighted by atomic mass is 32.1. The lowest BCUT2D eigenvalue weighted by Gasteiger charge is -2.20. The third kappa shape index (κ3) is 3.69. The molecule has 0 aliphatic heterocycles. The molecule has 0 spiro atoms. The zero-order valence-electron chi connectivity index (χ0n) is 13.7. The molecule has 0 radical (unpaired) electrons. The summed E-state index contributed by atoms with van der Waals surface area (Å²) >= 11 is 1.56. The van der Waals surface area contributed by atoms with Gasteiger partial charge in [-0.2, -0.15) is 0 Å². The van der Waals surface area contributed by atoms with Crippen LogP contribution in [0, 0.1) is 5.92 Å². The molecule has 1 atom stereocenters. The third-order valence-electron chi connectivity index (χ3n) is 4.15. The normalized spacial score (nSPS) is 17.0. The fourth-order valence-corrected chi connectivity index (χ4v) is 4.29. The van der Waals surface area contributed by atoms with Crippen LogP contribution in [-0.2, 0) is 22.4 Å². The molecular formula is C17H25NO3S. The minimum atomic E-state index is -0.304. The Balaban J connectivity index is 2.32. The number of rotatable bonds is 6. The van der Waals surface area contributed by atoms with Crippen LogP contribution in [0.5, 0.6) is 0 Å². The van der Waals surface area contributed by atoms with Gasteiger partial charge in [0.25, 0.3) is 0 Å². The molecule has 0 aromatic carbocycles. The standard InChI is InChI=1S/C17H25NO3S/c1-4-7-14(19)18-16-15(17(20)21-6-3)12-9-8-11(5-2)10-13(12)22-16/h11H,4-10H2,1-3H3,(H,18,19). The van der Waals surface area contributed by atoms with Gasteiger partial charge in [0.1, 0.15) is 5.00 Å². The number of hydrogen-bond acceptors (Lipinski definition) is 4. The van der Waals surface area contributed by atoms with Gasteiger partial charge in [-0.3, -0.25) is 4.79 Å². The smallest absolute Gasteiger partial charge is 0.341 e. The molecule has 1 aromatic heterocycles. The molecule has 1 unspecified atom stereocenters. The Morgan fingerprint density at radius 3 is 2.73 bits per heavy atom. The number of hydrogen-bond donors (Lipinski definition) is 1. The van der Waals surface area contributed by atoms with Crippen LogP contribution in [0.15, 0.2) is 0 Å².